The molecule has 0 aliphatic heterocycles. The van der Waals surface area contributed by atoms with Gasteiger partial charge in [-0.15, -0.1) is 0 Å². The Morgan fingerprint density at radius 3 is 1.29 bits per heavy atom. The van der Waals surface area contributed by atoms with E-state index in [2.05, 4.69) is 0 Å². The lowest BCUT2D eigenvalue weighted by atomic mass is 9.41. The van der Waals surface area contributed by atoms with Gasteiger partial charge in [0.25, 0.3) is 0 Å². The lowest BCUT2D eigenvalue weighted by molar-refractivity contribution is -0.171. The van der Waals surface area contributed by atoms with Gasteiger partial charge in [-0.3, -0.25) is 9.59 Å². The maximum Gasteiger partial charge on any atom is 0.310 e. The number of ether oxygens (including phenoxy) is 2. The van der Waals surface area contributed by atoms with Gasteiger partial charge in [0.2, 0.25) is 0 Å². The predicted octanol–water partition coefficient (Wildman–Crippen LogP) is 0.448. The highest BCUT2D eigenvalue weighted by Crippen LogP contribution is 2.64. The van der Waals surface area contributed by atoms with Crippen LogP contribution in [0.1, 0.15) is 0 Å². The van der Waals surface area contributed by atoms with Crippen molar-refractivity contribution in [1.82, 2.24) is 0 Å². The second-order valence-corrected chi connectivity index (χ2v) is 5.60. The molecule has 1 fully saturated rings. The van der Waals surface area contributed by atoms with Gasteiger partial charge in [0, 0.05) is 11.8 Å². The second-order valence-electron chi connectivity index (χ2n) is 5.60. The van der Waals surface area contributed by atoms with Gasteiger partial charge in [0.1, 0.15) is 0 Å². The number of esters is 2. The van der Waals surface area contributed by atoms with E-state index in [0.29, 0.717) is 0 Å². The number of allylic oxidation sites excluding steroid dienone is 2. The summed E-state index contributed by atoms with van der Waals surface area (Å²) in [6.07, 6.45) is 2.87. The standard InChI is InChI=1S/C16H12N4O4/c1-23-13(21)11-9-3-4-10(12(11)14(22)24-2)16(7-19,8-20)15(9,5-17)6-18/h3-4,9-12H,1-2H3. The van der Waals surface area contributed by atoms with Crippen molar-refractivity contribution in [2.75, 3.05) is 14.2 Å². The summed E-state index contributed by atoms with van der Waals surface area (Å²) in [5, 5.41) is 38.6. The van der Waals surface area contributed by atoms with Gasteiger partial charge in [-0.2, -0.15) is 21.0 Å². The van der Waals surface area contributed by atoms with Crippen LogP contribution in [0.15, 0.2) is 12.2 Å². The summed E-state index contributed by atoms with van der Waals surface area (Å²) in [6, 6.07) is 7.04. The Morgan fingerprint density at radius 1 is 0.792 bits per heavy atom. The van der Waals surface area contributed by atoms with E-state index < -0.39 is 46.4 Å². The fourth-order valence-corrected chi connectivity index (χ4v) is 3.84. The molecule has 3 aliphatic carbocycles. The lowest BCUT2D eigenvalue weighted by Crippen LogP contribution is -2.63. The summed E-state index contributed by atoms with van der Waals surface area (Å²) >= 11 is 0. The molecule has 4 atom stereocenters. The number of rotatable bonds is 2. The number of hydrogen-bond acceptors (Lipinski definition) is 8. The van der Waals surface area contributed by atoms with E-state index in [4.69, 9.17) is 9.47 Å². The zero-order valence-electron chi connectivity index (χ0n) is 12.9. The third-order valence-electron chi connectivity index (χ3n) is 4.96. The van der Waals surface area contributed by atoms with Crippen molar-refractivity contribution in [3.05, 3.63) is 12.2 Å². The Labute approximate surface area is 138 Å². The molecule has 0 N–H and O–H groups in total. The highest BCUT2D eigenvalue weighted by molar-refractivity contribution is 5.85. The minimum Gasteiger partial charge on any atom is -0.469 e. The monoisotopic (exact) mass is 324 g/mol. The average molecular weight is 324 g/mol. The molecule has 4 unspecified atom stereocenters. The van der Waals surface area contributed by atoms with E-state index in [0.717, 1.165) is 14.2 Å². The number of hydrogen-bond donors (Lipinski definition) is 0. The normalized spacial score (nSPS) is 30.8. The summed E-state index contributed by atoms with van der Waals surface area (Å²) in [5.74, 6) is -6.27. The molecular weight excluding hydrogens is 312 g/mol. The molecule has 0 spiro atoms. The van der Waals surface area contributed by atoms with E-state index in [1.807, 2.05) is 0 Å². The van der Waals surface area contributed by atoms with Crippen LogP contribution in [-0.4, -0.2) is 26.2 Å². The Hall–Kier alpha value is -3.36. The summed E-state index contributed by atoms with van der Waals surface area (Å²) in [4.78, 5) is 24.5. The van der Waals surface area contributed by atoms with Crippen molar-refractivity contribution < 1.29 is 19.1 Å². The van der Waals surface area contributed by atoms with Crippen LogP contribution in [0.5, 0.6) is 0 Å². The van der Waals surface area contributed by atoms with Crippen molar-refractivity contribution in [3.63, 3.8) is 0 Å². The summed E-state index contributed by atoms with van der Waals surface area (Å²) < 4.78 is 9.44. The van der Waals surface area contributed by atoms with Gasteiger partial charge in [-0.25, -0.2) is 0 Å². The van der Waals surface area contributed by atoms with E-state index >= 15 is 0 Å². The minimum absolute atomic E-state index is 0.802. The molecule has 0 radical (unpaired) electrons. The van der Waals surface area contributed by atoms with Crippen LogP contribution in [0.3, 0.4) is 0 Å². The summed E-state index contributed by atoms with van der Waals surface area (Å²) in [5.41, 5.74) is -4.20. The van der Waals surface area contributed by atoms with Crippen LogP contribution in [0.25, 0.3) is 0 Å². The van der Waals surface area contributed by atoms with E-state index in [-0.39, 0.29) is 0 Å². The zero-order valence-corrected chi connectivity index (χ0v) is 12.9. The Bertz CT molecular complexity index is 695. The smallest absolute Gasteiger partial charge is 0.310 e. The first-order valence-corrected chi connectivity index (χ1v) is 6.93. The van der Waals surface area contributed by atoms with E-state index in [9.17, 15) is 30.6 Å². The van der Waals surface area contributed by atoms with Crippen LogP contribution in [0.2, 0.25) is 0 Å². The molecule has 0 saturated heterocycles. The molecule has 0 aromatic rings. The molecular formula is C16H12N4O4. The molecule has 3 aliphatic rings. The SMILES string of the molecule is COC(=O)C1C(C(=O)OC)C2C=CC1C(C#N)(C#N)C2(C#N)C#N. The first-order valence-electron chi connectivity index (χ1n) is 6.93. The van der Waals surface area contributed by atoms with Crippen molar-refractivity contribution >= 4 is 11.9 Å². The van der Waals surface area contributed by atoms with E-state index in [1.54, 1.807) is 24.3 Å². The molecule has 0 amide bonds. The van der Waals surface area contributed by atoms with Gasteiger partial charge in [-0.1, -0.05) is 12.2 Å². The first kappa shape index (κ1) is 17.0. The van der Waals surface area contributed by atoms with Crippen LogP contribution >= 0.6 is 0 Å². The molecule has 0 aromatic carbocycles. The topological polar surface area (TPSA) is 148 Å². The number of carbonyl (C=O) groups excluding carboxylic acids is 2. The van der Waals surface area contributed by atoms with Crippen LogP contribution in [0, 0.1) is 79.8 Å². The molecule has 2 bridgehead atoms. The first-order chi connectivity index (χ1) is 11.4. The van der Waals surface area contributed by atoms with Gasteiger partial charge >= 0.3 is 11.9 Å². The largest absolute Gasteiger partial charge is 0.469 e. The quantitative estimate of drug-likeness (QED) is 0.525. The Morgan fingerprint density at radius 2 is 1.08 bits per heavy atom. The van der Waals surface area contributed by atoms with Gasteiger partial charge in [0.15, 0.2) is 10.8 Å². The molecule has 1 saturated carbocycles. The minimum atomic E-state index is -2.10. The number of carbonyl (C=O) groups is 2. The second kappa shape index (κ2) is 5.69. The van der Waals surface area contributed by atoms with Gasteiger partial charge < -0.3 is 9.47 Å². The van der Waals surface area contributed by atoms with Crippen molar-refractivity contribution in [1.29, 1.82) is 21.0 Å². The highest BCUT2D eigenvalue weighted by atomic mass is 16.5. The molecule has 8 heteroatoms. The lowest BCUT2D eigenvalue weighted by Gasteiger charge is -2.53. The fraction of sp³-hybridized carbons (Fsp3) is 0.500. The maximum absolute atomic E-state index is 12.2. The average Bonchev–Trinajstić information content (AvgIpc) is 2.65. The van der Waals surface area contributed by atoms with E-state index in [1.165, 1.54) is 12.2 Å². The molecule has 3 rings (SSSR count). The summed E-state index contributed by atoms with van der Waals surface area (Å²) in [6.45, 7) is 0. The van der Waals surface area contributed by atoms with Crippen molar-refractivity contribution in [2.24, 2.45) is 34.5 Å². The van der Waals surface area contributed by atoms with Crippen LogP contribution < -0.4 is 0 Å². The molecule has 8 nitrogen and oxygen atoms in total. The fourth-order valence-electron chi connectivity index (χ4n) is 3.84. The highest BCUT2D eigenvalue weighted by Gasteiger charge is 2.74. The molecule has 0 heterocycles. The van der Waals surface area contributed by atoms with Crippen molar-refractivity contribution in [3.8, 4) is 24.3 Å². The van der Waals surface area contributed by atoms with Crippen molar-refractivity contribution in [2.45, 2.75) is 0 Å². The Balaban J connectivity index is 2.83. The third-order valence-corrected chi connectivity index (χ3v) is 4.96. The number of nitrogens with zero attached hydrogens (tertiary/aromatic N) is 4. The predicted molar refractivity (Wildman–Crippen MR) is 74.5 cm³/mol. The zero-order chi connectivity index (χ0) is 18.1. The number of methoxy groups -OCH3 is 2. The maximum atomic E-state index is 12.2. The van der Waals surface area contributed by atoms with Crippen LogP contribution in [-0.2, 0) is 19.1 Å². The Kier molecular flexibility index (Phi) is 4.03. The van der Waals surface area contributed by atoms with Gasteiger partial charge in [-0.05, 0) is 0 Å². The van der Waals surface area contributed by atoms with Crippen LogP contribution in [0.4, 0.5) is 0 Å². The molecule has 0 aromatic heterocycles. The van der Waals surface area contributed by atoms with Gasteiger partial charge in [0.05, 0.1) is 50.3 Å². The third kappa shape index (κ3) is 1.69. The number of nitriles is 4. The summed E-state index contributed by atoms with van der Waals surface area (Å²) in [7, 11) is 2.23. The molecule has 120 valence electrons. The molecule has 24 heavy (non-hydrogen) atoms. The number of fused-ring (bicyclic) bond motifs is 2.